The maximum atomic E-state index is 13.3. The summed E-state index contributed by atoms with van der Waals surface area (Å²) in [6, 6.07) is 27.0. The number of rotatable bonds is 4. The summed E-state index contributed by atoms with van der Waals surface area (Å²) in [7, 11) is 0. The molecule has 0 aliphatic carbocycles. The number of hydrogen-bond acceptors (Lipinski definition) is 4. The van der Waals surface area contributed by atoms with Crippen molar-refractivity contribution in [2.75, 3.05) is 37.2 Å². The van der Waals surface area contributed by atoms with E-state index in [0.29, 0.717) is 25.1 Å². The number of benzene rings is 3. The zero-order chi connectivity index (χ0) is 22.6. The number of amides is 2. The van der Waals surface area contributed by atoms with Gasteiger partial charge in [0.15, 0.2) is 0 Å². The average molecular weight is 458 g/mol. The molecule has 1 saturated heterocycles. The quantitative estimate of drug-likeness (QED) is 0.619. The van der Waals surface area contributed by atoms with Crippen LogP contribution in [-0.2, 0) is 4.79 Å². The SMILES string of the molecule is O=C1CCSc2ccc(C(=O)N3CCN(C(c4ccccc4)c4ccccc4)CC3)cc2N1. The first-order chi connectivity index (χ1) is 16.2. The molecule has 0 atom stereocenters. The Bertz CT molecular complexity index is 1090. The lowest BCUT2D eigenvalue weighted by Gasteiger charge is -2.40. The summed E-state index contributed by atoms with van der Waals surface area (Å²) < 4.78 is 0. The molecule has 1 fully saturated rings. The molecule has 6 heteroatoms. The van der Waals surface area contributed by atoms with Gasteiger partial charge in [0.2, 0.25) is 5.91 Å². The molecule has 2 aliphatic rings. The topological polar surface area (TPSA) is 52.7 Å². The number of anilines is 1. The molecule has 3 aromatic rings. The number of piperazine rings is 1. The molecule has 0 radical (unpaired) electrons. The molecule has 5 rings (SSSR count). The highest BCUT2D eigenvalue weighted by molar-refractivity contribution is 7.99. The molecule has 2 aliphatic heterocycles. The number of fused-ring (bicyclic) bond motifs is 1. The third kappa shape index (κ3) is 4.82. The summed E-state index contributed by atoms with van der Waals surface area (Å²) in [5.74, 6) is 0.794. The van der Waals surface area contributed by atoms with Gasteiger partial charge >= 0.3 is 0 Å². The number of nitrogens with one attached hydrogen (secondary N) is 1. The molecule has 1 N–H and O–H groups in total. The molecule has 0 unspecified atom stereocenters. The Kier molecular flexibility index (Phi) is 6.46. The first kappa shape index (κ1) is 21.7. The van der Waals surface area contributed by atoms with E-state index in [2.05, 4.69) is 58.7 Å². The predicted molar refractivity (Wildman–Crippen MR) is 133 cm³/mol. The zero-order valence-electron chi connectivity index (χ0n) is 18.4. The first-order valence-corrected chi connectivity index (χ1v) is 12.4. The van der Waals surface area contributed by atoms with Gasteiger partial charge in [-0.1, -0.05) is 60.7 Å². The standard InChI is InChI=1S/C27H27N3O2S/c31-25-13-18-33-24-12-11-22(19-23(24)28-25)27(32)30-16-14-29(15-17-30)26(20-7-3-1-4-8-20)21-9-5-2-6-10-21/h1-12,19,26H,13-18H2,(H,28,31). The van der Waals surface area contributed by atoms with Gasteiger partial charge in [0.25, 0.3) is 5.91 Å². The van der Waals surface area contributed by atoms with Crippen LogP contribution in [0.2, 0.25) is 0 Å². The summed E-state index contributed by atoms with van der Waals surface area (Å²) in [6.07, 6.45) is 0.495. The number of hydrogen-bond donors (Lipinski definition) is 1. The van der Waals surface area contributed by atoms with Crippen LogP contribution in [0.5, 0.6) is 0 Å². The molecule has 168 valence electrons. The Morgan fingerprint density at radius 3 is 2.12 bits per heavy atom. The molecular weight excluding hydrogens is 430 g/mol. The Hall–Kier alpha value is -3.09. The minimum atomic E-state index is 0.00679. The van der Waals surface area contributed by atoms with Crippen LogP contribution in [0.3, 0.4) is 0 Å². The monoisotopic (exact) mass is 457 g/mol. The molecule has 2 heterocycles. The fraction of sp³-hybridized carbons (Fsp3) is 0.259. The Labute approximate surface area is 198 Å². The lowest BCUT2D eigenvalue weighted by molar-refractivity contribution is -0.115. The minimum absolute atomic E-state index is 0.00679. The van der Waals surface area contributed by atoms with Gasteiger partial charge in [-0.05, 0) is 29.3 Å². The molecule has 0 bridgehead atoms. The van der Waals surface area contributed by atoms with Crippen LogP contribution in [0.1, 0.15) is 33.9 Å². The third-order valence-corrected chi connectivity index (χ3v) is 7.36. The normalized spacial score (nSPS) is 16.8. The Balaban J connectivity index is 1.31. The van der Waals surface area contributed by atoms with Crippen molar-refractivity contribution >= 4 is 29.3 Å². The minimum Gasteiger partial charge on any atom is -0.336 e. The lowest BCUT2D eigenvalue weighted by Crippen LogP contribution is -2.49. The van der Waals surface area contributed by atoms with E-state index in [1.54, 1.807) is 11.8 Å². The van der Waals surface area contributed by atoms with Gasteiger partial charge in [-0.3, -0.25) is 14.5 Å². The van der Waals surface area contributed by atoms with Crippen LogP contribution >= 0.6 is 11.8 Å². The molecule has 0 aromatic heterocycles. The fourth-order valence-corrected chi connectivity index (χ4v) is 5.54. The molecular formula is C27H27N3O2S. The number of carbonyl (C=O) groups is 2. The van der Waals surface area contributed by atoms with Gasteiger partial charge in [-0.2, -0.15) is 0 Å². The molecule has 5 nitrogen and oxygen atoms in total. The first-order valence-electron chi connectivity index (χ1n) is 11.4. The van der Waals surface area contributed by atoms with Crippen molar-refractivity contribution in [2.24, 2.45) is 0 Å². The van der Waals surface area contributed by atoms with Gasteiger partial charge in [0.1, 0.15) is 0 Å². The second kappa shape index (κ2) is 9.81. The van der Waals surface area contributed by atoms with Crippen molar-refractivity contribution in [3.63, 3.8) is 0 Å². The van der Waals surface area contributed by atoms with E-state index >= 15 is 0 Å². The van der Waals surface area contributed by atoms with E-state index in [9.17, 15) is 9.59 Å². The molecule has 33 heavy (non-hydrogen) atoms. The van der Waals surface area contributed by atoms with E-state index < -0.39 is 0 Å². The summed E-state index contributed by atoms with van der Waals surface area (Å²) >= 11 is 1.65. The van der Waals surface area contributed by atoms with Crippen molar-refractivity contribution in [1.82, 2.24) is 9.80 Å². The number of carbonyl (C=O) groups excluding carboxylic acids is 2. The van der Waals surface area contributed by atoms with Crippen molar-refractivity contribution < 1.29 is 9.59 Å². The second-order valence-electron chi connectivity index (χ2n) is 8.41. The summed E-state index contributed by atoms with van der Waals surface area (Å²) in [5.41, 5.74) is 3.91. The number of nitrogens with zero attached hydrogens (tertiary/aromatic N) is 2. The van der Waals surface area contributed by atoms with Gasteiger partial charge in [0, 0.05) is 48.8 Å². The van der Waals surface area contributed by atoms with Crippen LogP contribution in [0.25, 0.3) is 0 Å². The highest BCUT2D eigenvalue weighted by atomic mass is 32.2. The molecule has 0 spiro atoms. The third-order valence-electron chi connectivity index (χ3n) is 6.28. The molecule has 2 amide bonds. The summed E-state index contributed by atoms with van der Waals surface area (Å²) in [4.78, 5) is 30.6. The van der Waals surface area contributed by atoms with E-state index in [4.69, 9.17) is 0 Å². The highest BCUT2D eigenvalue weighted by Crippen LogP contribution is 2.33. The highest BCUT2D eigenvalue weighted by Gasteiger charge is 2.29. The van der Waals surface area contributed by atoms with Gasteiger partial charge in [-0.15, -0.1) is 11.8 Å². The van der Waals surface area contributed by atoms with Gasteiger partial charge < -0.3 is 10.2 Å². The van der Waals surface area contributed by atoms with Crippen LogP contribution in [0.4, 0.5) is 5.69 Å². The fourth-order valence-electron chi connectivity index (χ4n) is 4.60. The Morgan fingerprint density at radius 2 is 1.48 bits per heavy atom. The largest absolute Gasteiger partial charge is 0.336 e. The van der Waals surface area contributed by atoms with E-state index in [0.717, 1.165) is 29.4 Å². The summed E-state index contributed by atoms with van der Waals surface area (Å²) in [6.45, 7) is 2.95. The second-order valence-corrected chi connectivity index (χ2v) is 9.55. The van der Waals surface area contributed by atoms with Gasteiger partial charge in [-0.25, -0.2) is 0 Å². The van der Waals surface area contributed by atoms with Crippen molar-refractivity contribution in [3.8, 4) is 0 Å². The lowest BCUT2D eigenvalue weighted by atomic mass is 9.96. The average Bonchev–Trinajstić information content (AvgIpc) is 3.05. The van der Waals surface area contributed by atoms with E-state index in [-0.39, 0.29) is 17.9 Å². The van der Waals surface area contributed by atoms with Crippen molar-refractivity contribution in [3.05, 3.63) is 95.6 Å². The zero-order valence-corrected chi connectivity index (χ0v) is 19.3. The maximum Gasteiger partial charge on any atom is 0.254 e. The van der Waals surface area contributed by atoms with Crippen LogP contribution in [0, 0.1) is 0 Å². The number of thioether (sulfide) groups is 1. The van der Waals surface area contributed by atoms with Crippen molar-refractivity contribution in [2.45, 2.75) is 17.4 Å². The van der Waals surface area contributed by atoms with E-state index in [1.165, 1.54) is 11.1 Å². The van der Waals surface area contributed by atoms with Crippen LogP contribution in [-0.4, -0.2) is 53.5 Å². The van der Waals surface area contributed by atoms with Gasteiger partial charge in [0.05, 0.1) is 11.7 Å². The molecule has 0 saturated carbocycles. The summed E-state index contributed by atoms with van der Waals surface area (Å²) in [5, 5.41) is 2.94. The maximum absolute atomic E-state index is 13.3. The smallest absolute Gasteiger partial charge is 0.254 e. The Morgan fingerprint density at radius 1 is 0.848 bits per heavy atom. The molecule has 3 aromatic carbocycles. The predicted octanol–water partition coefficient (Wildman–Crippen LogP) is 4.67. The van der Waals surface area contributed by atoms with Crippen molar-refractivity contribution in [1.29, 1.82) is 0 Å². The van der Waals surface area contributed by atoms with Crippen LogP contribution in [0.15, 0.2) is 83.8 Å². The van der Waals surface area contributed by atoms with E-state index in [1.807, 2.05) is 35.2 Å². The van der Waals surface area contributed by atoms with Crippen LogP contribution < -0.4 is 5.32 Å².